The highest BCUT2D eigenvalue weighted by molar-refractivity contribution is 6.36. The fourth-order valence-electron chi connectivity index (χ4n) is 1.80. The van der Waals surface area contributed by atoms with E-state index in [0.717, 1.165) is 0 Å². The largest absolute Gasteiger partial charge is 0.497 e. The van der Waals surface area contributed by atoms with Crippen molar-refractivity contribution in [3.8, 4) is 16.9 Å². The van der Waals surface area contributed by atoms with E-state index in [-0.39, 0.29) is 5.56 Å². The summed E-state index contributed by atoms with van der Waals surface area (Å²) in [5.74, 6) is 0.379. The fourth-order valence-corrected chi connectivity index (χ4v) is 2.31. The highest BCUT2D eigenvalue weighted by atomic mass is 35.5. The van der Waals surface area contributed by atoms with Gasteiger partial charge in [0.2, 0.25) is 0 Å². The second kappa shape index (κ2) is 5.76. The lowest BCUT2D eigenvalue weighted by Gasteiger charge is -2.12. The Morgan fingerprint density at radius 3 is 2.26 bits per heavy atom. The zero-order valence-corrected chi connectivity index (χ0v) is 11.5. The van der Waals surface area contributed by atoms with Crippen molar-refractivity contribution in [1.82, 2.24) is 0 Å². The van der Waals surface area contributed by atoms with Crippen LogP contribution in [0.4, 0.5) is 8.78 Å². The molecule has 1 nitrogen and oxygen atoms in total. The third-order valence-electron chi connectivity index (χ3n) is 2.72. The van der Waals surface area contributed by atoms with Crippen molar-refractivity contribution < 1.29 is 13.5 Å². The Morgan fingerprint density at radius 1 is 1.00 bits per heavy atom. The molecular formula is C14H10Cl2F2O. The molecule has 0 aliphatic rings. The first-order chi connectivity index (χ1) is 9.02. The maximum Gasteiger partial charge on any atom is 0.264 e. The molecule has 0 aliphatic heterocycles. The molecule has 0 spiro atoms. The zero-order chi connectivity index (χ0) is 14.0. The monoisotopic (exact) mass is 302 g/mol. The Kier molecular flexibility index (Phi) is 4.27. The van der Waals surface area contributed by atoms with Crippen LogP contribution in [0.2, 0.25) is 10.0 Å². The predicted molar refractivity (Wildman–Crippen MR) is 73.4 cm³/mol. The van der Waals surface area contributed by atoms with E-state index in [4.69, 9.17) is 27.9 Å². The molecule has 0 radical (unpaired) electrons. The second-order valence-electron chi connectivity index (χ2n) is 3.88. The third-order valence-corrected chi connectivity index (χ3v) is 3.26. The average molecular weight is 303 g/mol. The number of methoxy groups -OCH3 is 1. The minimum atomic E-state index is -2.61. The molecule has 0 fully saturated rings. The molecule has 0 bridgehead atoms. The van der Waals surface area contributed by atoms with Gasteiger partial charge in [0.05, 0.1) is 7.11 Å². The van der Waals surface area contributed by atoms with Crippen LogP contribution in [0.25, 0.3) is 11.1 Å². The fraction of sp³-hybridized carbons (Fsp3) is 0.143. The molecule has 0 N–H and O–H groups in total. The predicted octanol–water partition coefficient (Wildman–Crippen LogP) is 5.61. The van der Waals surface area contributed by atoms with Gasteiger partial charge < -0.3 is 4.74 Å². The van der Waals surface area contributed by atoms with Gasteiger partial charge in [-0.05, 0) is 29.8 Å². The normalized spacial score (nSPS) is 10.8. The molecule has 2 aromatic carbocycles. The molecule has 0 saturated heterocycles. The number of halogens is 4. The summed E-state index contributed by atoms with van der Waals surface area (Å²) < 4.78 is 31.2. The van der Waals surface area contributed by atoms with Crippen LogP contribution < -0.4 is 4.74 Å². The van der Waals surface area contributed by atoms with Gasteiger partial charge in [-0.25, -0.2) is 8.78 Å². The summed E-state index contributed by atoms with van der Waals surface area (Å²) in [6.45, 7) is 0. The molecule has 100 valence electrons. The Hall–Kier alpha value is -1.32. The number of ether oxygens (including phenoxy) is 1. The molecule has 0 amide bonds. The zero-order valence-electron chi connectivity index (χ0n) is 9.96. The Balaban J connectivity index is 2.61. The van der Waals surface area contributed by atoms with Crippen LogP contribution >= 0.6 is 23.2 Å². The summed E-state index contributed by atoms with van der Waals surface area (Å²) in [5.41, 5.74) is 0.769. The van der Waals surface area contributed by atoms with E-state index in [1.807, 2.05) is 0 Å². The van der Waals surface area contributed by atoms with Crippen molar-refractivity contribution in [1.29, 1.82) is 0 Å². The van der Waals surface area contributed by atoms with Crippen LogP contribution in [-0.2, 0) is 0 Å². The van der Waals surface area contributed by atoms with E-state index in [9.17, 15) is 8.78 Å². The van der Waals surface area contributed by atoms with Crippen molar-refractivity contribution in [3.63, 3.8) is 0 Å². The molecule has 0 aromatic heterocycles. The first-order valence-electron chi connectivity index (χ1n) is 5.44. The van der Waals surface area contributed by atoms with Crippen molar-refractivity contribution in [2.24, 2.45) is 0 Å². The van der Waals surface area contributed by atoms with E-state index in [1.165, 1.54) is 19.2 Å². The van der Waals surface area contributed by atoms with Gasteiger partial charge in [-0.1, -0.05) is 35.3 Å². The summed E-state index contributed by atoms with van der Waals surface area (Å²) in [5, 5.41) is 0.792. The summed E-state index contributed by atoms with van der Waals surface area (Å²) >= 11 is 11.9. The lowest BCUT2D eigenvalue weighted by Crippen LogP contribution is -1.93. The number of hydrogen-bond donors (Lipinski definition) is 0. The molecule has 0 aliphatic carbocycles. The molecule has 2 aromatic rings. The molecule has 19 heavy (non-hydrogen) atoms. The molecule has 0 saturated carbocycles. The van der Waals surface area contributed by atoms with Crippen LogP contribution in [0.5, 0.6) is 5.75 Å². The Morgan fingerprint density at radius 2 is 1.68 bits per heavy atom. The first-order valence-corrected chi connectivity index (χ1v) is 6.20. The van der Waals surface area contributed by atoms with Gasteiger partial charge in [-0.3, -0.25) is 0 Å². The number of alkyl halides is 2. The van der Waals surface area contributed by atoms with E-state index in [1.54, 1.807) is 24.3 Å². The Bertz CT molecular complexity index is 600. The van der Waals surface area contributed by atoms with Crippen LogP contribution in [0.3, 0.4) is 0 Å². The van der Waals surface area contributed by atoms with Crippen molar-refractivity contribution in [3.05, 3.63) is 52.0 Å². The SMILES string of the molecule is COc1ccc(-c2ccc(Cl)cc2Cl)c(C(F)F)c1. The smallest absolute Gasteiger partial charge is 0.264 e. The van der Waals surface area contributed by atoms with Crippen molar-refractivity contribution in [2.75, 3.05) is 7.11 Å². The quantitative estimate of drug-likeness (QED) is 0.716. The number of rotatable bonds is 3. The third kappa shape index (κ3) is 2.99. The highest BCUT2D eigenvalue weighted by Gasteiger charge is 2.17. The number of benzene rings is 2. The minimum absolute atomic E-state index is 0.122. The minimum Gasteiger partial charge on any atom is -0.497 e. The van der Waals surface area contributed by atoms with Gasteiger partial charge in [-0.2, -0.15) is 0 Å². The number of hydrogen-bond acceptors (Lipinski definition) is 1. The van der Waals surface area contributed by atoms with Gasteiger partial charge in [0.1, 0.15) is 5.75 Å². The lowest BCUT2D eigenvalue weighted by atomic mass is 9.99. The van der Waals surface area contributed by atoms with Gasteiger partial charge in [-0.15, -0.1) is 0 Å². The summed E-state index contributed by atoms with van der Waals surface area (Å²) in [6.07, 6.45) is -2.61. The van der Waals surface area contributed by atoms with Crippen LogP contribution in [0.1, 0.15) is 12.0 Å². The van der Waals surface area contributed by atoms with E-state index in [2.05, 4.69) is 0 Å². The van der Waals surface area contributed by atoms with E-state index >= 15 is 0 Å². The maximum atomic E-state index is 13.1. The van der Waals surface area contributed by atoms with Gasteiger partial charge in [0.25, 0.3) is 6.43 Å². The first kappa shape index (κ1) is 14.1. The second-order valence-corrected chi connectivity index (χ2v) is 4.72. The van der Waals surface area contributed by atoms with Crippen molar-refractivity contribution >= 4 is 23.2 Å². The molecule has 0 heterocycles. The Labute approximate surface area is 119 Å². The maximum absolute atomic E-state index is 13.1. The van der Waals surface area contributed by atoms with E-state index < -0.39 is 6.43 Å². The molecule has 5 heteroatoms. The summed E-state index contributed by atoms with van der Waals surface area (Å²) in [4.78, 5) is 0. The summed E-state index contributed by atoms with van der Waals surface area (Å²) in [7, 11) is 1.43. The topological polar surface area (TPSA) is 9.23 Å². The van der Waals surface area contributed by atoms with Gasteiger partial charge in [0, 0.05) is 21.2 Å². The van der Waals surface area contributed by atoms with Gasteiger partial charge >= 0.3 is 0 Å². The highest BCUT2D eigenvalue weighted by Crippen LogP contribution is 2.38. The average Bonchev–Trinajstić information content (AvgIpc) is 2.38. The van der Waals surface area contributed by atoms with Crippen LogP contribution in [-0.4, -0.2) is 7.11 Å². The molecule has 0 unspecified atom stereocenters. The lowest BCUT2D eigenvalue weighted by molar-refractivity contribution is 0.151. The standard InChI is InChI=1S/C14H10Cl2F2O/c1-19-9-3-5-10(12(7-9)14(17)18)11-4-2-8(15)6-13(11)16/h2-7,14H,1H3. The molecule has 2 rings (SSSR count). The van der Waals surface area contributed by atoms with E-state index in [0.29, 0.717) is 26.9 Å². The molecule has 0 atom stereocenters. The van der Waals surface area contributed by atoms with Crippen molar-refractivity contribution in [2.45, 2.75) is 6.43 Å². The van der Waals surface area contributed by atoms with Gasteiger partial charge in [0.15, 0.2) is 0 Å². The summed E-state index contributed by atoms with van der Waals surface area (Å²) in [6, 6.07) is 9.26. The van der Waals surface area contributed by atoms with Crippen LogP contribution in [0.15, 0.2) is 36.4 Å². The van der Waals surface area contributed by atoms with Crippen LogP contribution in [0, 0.1) is 0 Å². The molecular weight excluding hydrogens is 293 g/mol.